The van der Waals surface area contributed by atoms with Crippen molar-refractivity contribution in [2.45, 2.75) is 13.3 Å². The number of carbonyl (C=O) groups excluding carboxylic acids is 2. The van der Waals surface area contributed by atoms with Gasteiger partial charge in [-0.1, -0.05) is 12.1 Å². The molecule has 0 atom stereocenters. The minimum Gasteiger partial charge on any atom is -0.497 e. The van der Waals surface area contributed by atoms with Gasteiger partial charge in [0.2, 0.25) is 5.91 Å². The number of carbonyl (C=O) groups is 3. The lowest BCUT2D eigenvalue weighted by Crippen LogP contribution is -2.35. The van der Waals surface area contributed by atoms with Gasteiger partial charge in [0.05, 0.1) is 32.9 Å². The van der Waals surface area contributed by atoms with Gasteiger partial charge in [-0.15, -0.1) is 0 Å². The van der Waals surface area contributed by atoms with Crippen LogP contribution in [0.25, 0.3) is 0 Å². The molecule has 0 heterocycles. The molecule has 0 bridgehead atoms. The van der Waals surface area contributed by atoms with Crippen LogP contribution in [0.3, 0.4) is 0 Å². The monoisotopic (exact) mass is 443 g/mol. The average Bonchev–Trinajstić information content (AvgIpc) is 2.78. The Bertz CT molecular complexity index is 958. The largest absolute Gasteiger partial charge is 0.497 e. The average molecular weight is 443 g/mol. The Morgan fingerprint density at radius 3 is 2.44 bits per heavy atom. The van der Waals surface area contributed by atoms with Gasteiger partial charge in [-0.3, -0.25) is 9.59 Å². The van der Waals surface area contributed by atoms with E-state index in [0.717, 1.165) is 5.56 Å². The number of nitrogens with zero attached hydrogens (tertiary/aromatic N) is 1. The van der Waals surface area contributed by atoms with Gasteiger partial charge in [-0.2, -0.15) is 5.10 Å². The Kier molecular flexibility index (Phi) is 9.51. The number of nitrogens with one attached hydrogen (secondary N) is 2. The van der Waals surface area contributed by atoms with E-state index in [1.165, 1.54) is 6.21 Å². The molecule has 0 aromatic heterocycles. The molecular weight excluding hydrogens is 418 g/mol. The van der Waals surface area contributed by atoms with E-state index in [4.69, 9.17) is 19.3 Å². The molecule has 2 aromatic rings. The van der Waals surface area contributed by atoms with Gasteiger partial charge in [0.1, 0.15) is 5.75 Å². The minimum absolute atomic E-state index is 0.136. The number of hydrogen-bond acceptors (Lipinski definition) is 7. The van der Waals surface area contributed by atoms with Gasteiger partial charge in [0.15, 0.2) is 18.1 Å². The number of benzene rings is 2. The van der Waals surface area contributed by atoms with Gasteiger partial charge < -0.3 is 24.6 Å². The van der Waals surface area contributed by atoms with E-state index in [9.17, 15) is 14.4 Å². The van der Waals surface area contributed by atoms with Crippen LogP contribution in [-0.2, 0) is 20.8 Å². The van der Waals surface area contributed by atoms with Crippen molar-refractivity contribution in [1.29, 1.82) is 0 Å². The van der Waals surface area contributed by atoms with Crippen LogP contribution in [0.5, 0.6) is 17.2 Å². The second kappa shape index (κ2) is 12.6. The number of methoxy groups -OCH3 is 1. The Hall–Kier alpha value is -4.08. The summed E-state index contributed by atoms with van der Waals surface area (Å²) in [6, 6.07) is 11.8. The molecule has 0 saturated carbocycles. The second-order valence-electron chi connectivity index (χ2n) is 6.42. The number of ether oxygens (including phenoxy) is 3. The fraction of sp³-hybridized carbons (Fsp3) is 0.273. The Morgan fingerprint density at radius 1 is 1.03 bits per heavy atom. The zero-order valence-electron chi connectivity index (χ0n) is 17.8. The molecule has 10 heteroatoms. The van der Waals surface area contributed by atoms with E-state index in [1.807, 2.05) is 0 Å². The molecule has 0 saturated heterocycles. The van der Waals surface area contributed by atoms with Crippen molar-refractivity contribution in [3.8, 4) is 17.2 Å². The standard InChI is InChI=1S/C22H25N3O7/c1-3-31-19-10-16(6-9-18(19)32-14-22(28)29)12-24-25-21(27)13-23-20(26)11-15-4-7-17(30-2)8-5-15/h4-10,12H,3,11,13-14H2,1-2H3,(H,23,26)(H,25,27)(H,28,29). The first-order chi connectivity index (χ1) is 15.4. The van der Waals surface area contributed by atoms with E-state index in [-0.39, 0.29) is 24.6 Å². The summed E-state index contributed by atoms with van der Waals surface area (Å²) in [5, 5.41) is 15.1. The highest BCUT2D eigenvalue weighted by atomic mass is 16.5. The Labute approximate surface area is 185 Å². The molecule has 10 nitrogen and oxygen atoms in total. The summed E-state index contributed by atoms with van der Waals surface area (Å²) in [5.74, 6) is -0.549. The van der Waals surface area contributed by atoms with Crippen LogP contribution in [0, 0.1) is 0 Å². The maximum Gasteiger partial charge on any atom is 0.341 e. The molecule has 2 aromatic carbocycles. The second-order valence-corrected chi connectivity index (χ2v) is 6.42. The third kappa shape index (κ3) is 8.34. The van der Waals surface area contributed by atoms with E-state index in [0.29, 0.717) is 23.7 Å². The first-order valence-corrected chi connectivity index (χ1v) is 9.74. The molecule has 0 fully saturated rings. The topological polar surface area (TPSA) is 136 Å². The summed E-state index contributed by atoms with van der Waals surface area (Å²) < 4.78 is 15.7. The van der Waals surface area contributed by atoms with Crippen LogP contribution in [0.2, 0.25) is 0 Å². The van der Waals surface area contributed by atoms with Gasteiger partial charge in [-0.25, -0.2) is 10.2 Å². The SMILES string of the molecule is CCOc1cc(C=NNC(=O)CNC(=O)Cc2ccc(OC)cc2)ccc1OCC(=O)O. The van der Waals surface area contributed by atoms with Crippen molar-refractivity contribution in [2.24, 2.45) is 5.10 Å². The maximum atomic E-state index is 12.0. The molecule has 0 aliphatic rings. The normalized spacial score (nSPS) is 10.4. The molecule has 0 aliphatic carbocycles. The van der Waals surface area contributed by atoms with Crippen molar-refractivity contribution in [2.75, 3.05) is 26.9 Å². The van der Waals surface area contributed by atoms with Crippen LogP contribution < -0.4 is 25.0 Å². The fourth-order valence-corrected chi connectivity index (χ4v) is 2.52. The predicted molar refractivity (Wildman–Crippen MR) is 116 cm³/mol. The van der Waals surface area contributed by atoms with E-state index in [2.05, 4.69) is 15.8 Å². The molecule has 3 N–H and O–H groups in total. The summed E-state index contributed by atoms with van der Waals surface area (Å²) in [4.78, 5) is 34.5. The molecule has 2 rings (SSSR count). The molecular formula is C22H25N3O7. The summed E-state index contributed by atoms with van der Waals surface area (Å²) in [5.41, 5.74) is 3.71. The maximum absolute atomic E-state index is 12.0. The van der Waals surface area contributed by atoms with Crippen LogP contribution in [0.1, 0.15) is 18.1 Å². The number of amides is 2. The van der Waals surface area contributed by atoms with Gasteiger partial charge >= 0.3 is 5.97 Å². The molecule has 0 unspecified atom stereocenters. The Morgan fingerprint density at radius 2 is 1.78 bits per heavy atom. The summed E-state index contributed by atoms with van der Waals surface area (Å²) in [6.07, 6.45) is 1.53. The summed E-state index contributed by atoms with van der Waals surface area (Å²) in [7, 11) is 1.56. The Balaban J connectivity index is 1.82. The predicted octanol–water partition coefficient (Wildman–Crippen LogP) is 1.37. The van der Waals surface area contributed by atoms with Crippen LogP contribution in [0.15, 0.2) is 47.6 Å². The van der Waals surface area contributed by atoms with Crippen molar-refractivity contribution in [3.05, 3.63) is 53.6 Å². The minimum atomic E-state index is -1.10. The quantitative estimate of drug-likeness (QED) is 0.333. The lowest BCUT2D eigenvalue weighted by atomic mass is 10.1. The molecule has 2 amide bonds. The fourth-order valence-electron chi connectivity index (χ4n) is 2.52. The van der Waals surface area contributed by atoms with Crippen LogP contribution in [0.4, 0.5) is 0 Å². The number of carboxylic acids is 1. The van der Waals surface area contributed by atoms with Crippen molar-refractivity contribution >= 4 is 24.0 Å². The molecule has 170 valence electrons. The zero-order chi connectivity index (χ0) is 23.3. The molecule has 0 aliphatic heterocycles. The highest BCUT2D eigenvalue weighted by molar-refractivity contribution is 5.87. The zero-order valence-corrected chi connectivity index (χ0v) is 17.8. The third-order valence-corrected chi connectivity index (χ3v) is 3.99. The van der Waals surface area contributed by atoms with Gasteiger partial charge in [0.25, 0.3) is 5.91 Å². The number of aliphatic carboxylic acids is 1. The van der Waals surface area contributed by atoms with Crippen molar-refractivity contribution in [1.82, 2.24) is 10.7 Å². The number of hydrazone groups is 1. The van der Waals surface area contributed by atoms with Gasteiger partial charge in [-0.05, 0) is 48.4 Å². The highest BCUT2D eigenvalue weighted by Crippen LogP contribution is 2.28. The molecule has 0 spiro atoms. The molecule has 0 radical (unpaired) electrons. The number of rotatable bonds is 12. The summed E-state index contributed by atoms with van der Waals surface area (Å²) >= 11 is 0. The highest BCUT2D eigenvalue weighted by Gasteiger charge is 2.09. The molecule has 32 heavy (non-hydrogen) atoms. The third-order valence-electron chi connectivity index (χ3n) is 3.99. The van der Waals surface area contributed by atoms with Crippen LogP contribution in [-0.4, -0.2) is 56.0 Å². The van der Waals surface area contributed by atoms with E-state index < -0.39 is 18.5 Å². The number of carboxylic acid groups (broad SMARTS) is 1. The smallest absolute Gasteiger partial charge is 0.341 e. The lowest BCUT2D eigenvalue weighted by molar-refractivity contribution is -0.139. The summed E-state index contributed by atoms with van der Waals surface area (Å²) in [6.45, 7) is 1.42. The number of hydrogen-bond donors (Lipinski definition) is 3. The van der Waals surface area contributed by atoms with Gasteiger partial charge in [0, 0.05) is 0 Å². The van der Waals surface area contributed by atoms with E-state index >= 15 is 0 Å². The van der Waals surface area contributed by atoms with Crippen LogP contribution >= 0.6 is 0 Å². The van der Waals surface area contributed by atoms with Crippen molar-refractivity contribution in [3.63, 3.8) is 0 Å². The van der Waals surface area contributed by atoms with E-state index in [1.54, 1.807) is 56.5 Å². The lowest BCUT2D eigenvalue weighted by Gasteiger charge is -2.11. The first-order valence-electron chi connectivity index (χ1n) is 9.74. The van der Waals surface area contributed by atoms with Crippen molar-refractivity contribution < 1.29 is 33.7 Å². The first kappa shape index (κ1) is 24.2.